The van der Waals surface area contributed by atoms with Crippen LogP contribution in [-0.2, 0) is 9.05 Å². The molecular weight excluding hydrogens is 266 g/mol. The molecule has 5 nitrogen and oxygen atoms in total. The van der Waals surface area contributed by atoms with Crippen LogP contribution in [0.5, 0.6) is 0 Å². The molecule has 0 amide bonds. The number of non-ortho nitro benzene ring substituents is 1. The second kappa shape index (κ2) is 3.97. The number of nitro groups is 1. The standard InChI is InChI=1S/C10H6ClNO4S/c11-17(15,16)10-6-5-9(12(13)14)7-3-1-2-4-8(7)10/h1-6H. The molecule has 2 aromatic carbocycles. The molecule has 2 rings (SSSR count). The lowest BCUT2D eigenvalue weighted by Gasteiger charge is -2.03. The Kier molecular flexibility index (Phi) is 2.76. The van der Waals surface area contributed by atoms with E-state index in [4.69, 9.17) is 10.7 Å². The van der Waals surface area contributed by atoms with Crippen LogP contribution in [0.25, 0.3) is 10.8 Å². The Labute approximate surface area is 101 Å². The number of hydrogen-bond acceptors (Lipinski definition) is 4. The van der Waals surface area contributed by atoms with Crippen molar-refractivity contribution in [3.8, 4) is 0 Å². The Balaban J connectivity index is 2.95. The number of nitrogens with zero attached hydrogens (tertiary/aromatic N) is 1. The van der Waals surface area contributed by atoms with Gasteiger partial charge in [-0.15, -0.1) is 0 Å². The average molecular weight is 272 g/mol. The van der Waals surface area contributed by atoms with E-state index in [9.17, 15) is 18.5 Å². The summed E-state index contributed by atoms with van der Waals surface area (Å²) in [5.41, 5.74) is -0.148. The molecule has 0 aromatic heterocycles. The predicted molar refractivity (Wildman–Crippen MR) is 63.6 cm³/mol. The van der Waals surface area contributed by atoms with Gasteiger partial charge in [0.1, 0.15) is 0 Å². The van der Waals surface area contributed by atoms with Gasteiger partial charge >= 0.3 is 0 Å². The number of halogens is 1. The van der Waals surface area contributed by atoms with E-state index in [0.29, 0.717) is 0 Å². The topological polar surface area (TPSA) is 77.3 Å². The molecule has 0 bridgehead atoms. The highest BCUT2D eigenvalue weighted by Crippen LogP contribution is 2.32. The van der Waals surface area contributed by atoms with Crippen LogP contribution in [0.4, 0.5) is 5.69 Å². The molecule has 0 aliphatic carbocycles. The number of nitro benzene ring substituents is 1. The molecule has 17 heavy (non-hydrogen) atoms. The minimum Gasteiger partial charge on any atom is -0.258 e. The second-order valence-corrected chi connectivity index (χ2v) is 5.86. The lowest BCUT2D eigenvalue weighted by atomic mass is 10.1. The molecule has 0 aliphatic heterocycles. The van der Waals surface area contributed by atoms with Crippen molar-refractivity contribution in [3.63, 3.8) is 0 Å². The van der Waals surface area contributed by atoms with E-state index in [1.165, 1.54) is 12.1 Å². The van der Waals surface area contributed by atoms with Gasteiger partial charge in [-0.1, -0.05) is 18.2 Å². The van der Waals surface area contributed by atoms with E-state index in [1.807, 2.05) is 0 Å². The van der Waals surface area contributed by atoms with Crippen molar-refractivity contribution in [2.24, 2.45) is 0 Å². The molecule has 88 valence electrons. The maximum Gasteiger partial charge on any atom is 0.277 e. The first-order chi connectivity index (χ1) is 7.91. The zero-order chi connectivity index (χ0) is 12.6. The Bertz CT molecular complexity index is 711. The number of benzene rings is 2. The summed E-state index contributed by atoms with van der Waals surface area (Å²) in [6.45, 7) is 0. The summed E-state index contributed by atoms with van der Waals surface area (Å²) in [4.78, 5) is 10.1. The zero-order valence-corrected chi connectivity index (χ0v) is 9.90. The fourth-order valence-corrected chi connectivity index (χ4v) is 2.70. The van der Waals surface area contributed by atoms with Gasteiger partial charge in [0.25, 0.3) is 14.7 Å². The fraction of sp³-hybridized carbons (Fsp3) is 0. The molecule has 0 N–H and O–H groups in total. The first kappa shape index (κ1) is 11.8. The molecule has 0 spiro atoms. The largest absolute Gasteiger partial charge is 0.277 e. The summed E-state index contributed by atoms with van der Waals surface area (Å²) in [7, 11) is 1.35. The maximum atomic E-state index is 11.3. The average Bonchev–Trinajstić information content (AvgIpc) is 2.26. The minimum atomic E-state index is -3.92. The predicted octanol–water partition coefficient (Wildman–Crippen LogP) is 2.68. The van der Waals surface area contributed by atoms with Gasteiger partial charge in [0.05, 0.1) is 15.2 Å². The van der Waals surface area contributed by atoms with Crippen LogP contribution in [0.15, 0.2) is 41.3 Å². The van der Waals surface area contributed by atoms with Crippen LogP contribution in [0.2, 0.25) is 0 Å². The Hall–Kier alpha value is -1.66. The van der Waals surface area contributed by atoms with Crippen LogP contribution >= 0.6 is 10.7 Å². The van der Waals surface area contributed by atoms with Gasteiger partial charge in [-0.3, -0.25) is 10.1 Å². The van der Waals surface area contributed by atoms with Gasteiger partial charge < -0.3 is 0 Å². The molecular formula is C10H6ClNO4S. The van der Waals surface area contributed by atoms with Crippen molar-refractivity contribution in [2.45, 2.75) is 4.90 Å². The Morgan fingerprint density at radius 3 is 2.18 bits per heavy atom. The van der Waals surface area contributed by atoms with E-state index in [0.717, 1.165) is 12.1 Å². The van der Waals surface area contributed by atoms with Crippen LogP contribution in [0, 0.1) is 10.1 Å². The summed E-state index contributed by atoms with van der Waals surface area (Å²) in [6, 6.07) is 8.44. The summed E-state index contributed by atoms with van der Waals surface area (Å²) < 4.78 is 22.6. The number of rotatable bonds is 2. The Morgan fingerprint density at radius 2 is 1.65 bits per heavy atom. The molecule has 0 radical (unpaired) electrons. The highest BCUT2D eigenvalue weighted by molar-refractivity contribution is 8.14. The monoisotopic (exact) mass is 271 g/mol. The van der Waals surface area contributed by atoms with Gasteiger partial charge in [0, 0.05) is 22.1 Å². The minimum absolute atomic E-state index is 0.125. The van der Waals surface area contributed by atoms with Crippen molar-refractivity contribution >= 4 is 36.2 Å². The quantitative estimate of drug-likeness (QED) is 0.478. The first-order valence-corrected chi connectivity index (χ1v) is 6.83. The maximum absolute atomic E-state index is 11.3. The highest BCUT2D eigenvalue weighted by atomic mass is 35.7. The second-order valence-electron chi connectivity index (χ2n) is 3.32. The SMILES string of the molecule is O=[N+]([O-])c1ccc(S(=O)(=O)Cl)c2ccccc12. The van der Waals surface area contributed by atoms with E-state index in [2.05, 4.69) is 0 Å². The van der Waals surface area contributed by atoms with Gasteiger partial charge in [-0.05, 0) is 12.1 Å². The van der Waals surface area contributed by atoms with Crippen LogP contribution in [0.1, 0.15) is 0 Å². The Morgan fingerprint density at radius 1 is 1.06 bits per heavy atom. The summed E-state index contributed by atoms with van der Waals surface area (Å²) in [6.07, 6.45) is 0. The fourth-order valence-electron chi connectivity index (χ4n) is 1.63. The molecule has 0 fully saturated rings. The van der Waals surface area contributed by atoms with E-state index < -0.39 is 14.0 Å². The molecule has 0 heterocycles. The van der Waals surface area contributed by atoms with E-state index in [1.54, 1.807) is 12.1 Å². The van der Waals surface area contributed by atoms with Gasteiger partial charge in [0.2, 0.25) is 0 Å². The summed E-state index contributed by atoms with van der Waals surface area (Å²) >= 11 is 0. The van der Waals surface area contributed by atoms with Gasteiger partial charge in [-0.2, -0.15) is 0 Å². The van der Waals surface area contributed by atoms with Crippen LogP contribution in [0.3, 0.4) is 0 Å². The van der Waals surface area contributed by atoms with Crippen molar-refractivity contribution in [1.29, 1.82) is 0 Å². The molecule has 2 aromatic rings. The summed E-state index contributed by atoms with van der Waals surface area (Å²) in [5, 5.41) is 11.3. The first-order valence-electron chi connectivity index (χ1n) is 4.52. The number of fused-ring (bicyclic) bond motifs is 1. The van der Waals surface area contributed by atoms with Crippen molar-refractivity contribution in [1.82, 2.24) is 0 Å². The lowest BCUT2D eigenvalue weighted by Crippen LogP contribution is -1.95. The van der Waals surface area contributed by atoms with Crippen molar-refractivity contribution in [2.75, 3.05) is 0 Å². The van der Waals surface area contributed by atoms with Crippen molar-refractivity contribution < 1.29 is 13.3 Å². The summed E-state index contributed by atoms with van der Waals surface area (Å²) in [5.74, 6) is 0. The third-order valence-corrected chi connectivity index (χ3v) is 3.70. The highest BCUT2D eigenvalue weighted by Gasteiger charge is 2.19. The molecule has 0 atom stereocenters. The lowest BCUT2D eigenvalue weighted by molar-refractivity contribution is -0.383. The van der Waals surface area contributed by atoms with Gasteiger partial charge in [-0.25, -0.2) is 8.42 Å². The number of hydrogen-bond donors (Lipinski definition) is 0. The third-order valence-electron chi connectivity index (χ3n) is 2.32. The molecule has 0 unspecified atom stereocenters. The van der Waals surface area contributed by atoms with Crippen molar-refractivity contribution in [3.05, 3.63) is 46.5 Å². The third kappa shape index (κ3) is 2.09. The molecule has 0 saturated carbocycles. The van der Waals surface area contributed by atoms with E-state index >= 15 is 0 Å². The van der Waals surface area contributed by atoms with Crippen LogP contribution < -0.4 is 0 Å². The smallest absolute Gasteiger partial charge is 0.258 e. The van der Waals surface area contributed by atoms with Gasteiger partial charge in [0.15, 0.2) is 0 Å². The molecule has 0 saturated heterocycles. The normalized spacial score (nSPS) is 11.6. The van der Waals surface area contributed by atoms with Crippen LogP contribution in [-0.4, -0.2) is 13.3 Å². The zero-order valence-electron chi connectivity index (χ0n) is 8.33. The molecule has 0 aliphatic rings. The van der Waals surface area contributed by atoms with E-state index in [-0.39, 0.29) is 21.4 Å². The molecule has 7 heteroatoms.